The average Bonchev–Trinajstić information content (AvgIpc) is 3.20. The number of allylic oxidation sites excluding steroid dienone is 2. The topological polar surface area (TPSA) is 176 Å². The van der Waals surface area contributed by atoms with Crippen molar-refractivity contribution in [2.24, 2.45) is 10.8 Å². The van der Waals surface area contributed by atoms with E-state index >= 15 is 0 Å². The van der Waals surface area contributed by atoms with Crippen molar-refractivity contribution in [3.63, 3.8) is 0 Å². The molecule has 2 aromatic rings. The molecule has 2 fully saturated rings. The Kier molecular flexibility index (Phi) is 17.3. The van der Waals surface area contributed by atoms with E-state index in [9.17, 15) is 24.0 Å². The molecule has 2 amide bonds. The van der Waals surface area contributed by atoms with Gasteiger partial charge < -0.3 is 28.7 Å². The first-order valence-electron chi connectivity index (χ1n) is 16.7. The number of ketones is 1. The molecule has 13 heteroatoms. The fourth-order valence-corrected chi connectivity index (χ4v) is 5.89. The van der Waals surface area contributed by atoms with Crippen LogP contribution in [0.3, 0.4) is 0 Å². The Hall–Kier alpha value is -5.95. The van der Waals surface area contributed by atoms with E-state index in [2.05, 4.69) is 6.58 Å². The van der Waals surface area contributed by atoms with Gasteiger partial charge in [0.1, 0.15) is 24.0 Å². The van der Waals surface area contributed by atoms with Crippen molar-refractivity contribution >= 4 is 29.9 Å². The number of piperidine rings is 2. The van der Waals surface area contributed by atoms with E-state index in [0.29, 0.717) is 31.4 Å². The Morgan fingerprint density at radius 2 is 1.17 bits per heavy atom. The summed E-state index contributed by atoms with van der Waals surface area (Å²) < 4.78 is 20.4. The summed E-state index contributed by atoms with van der Waals surface area (Å²) in [6, 6.07) is 22.4. The minimum atomic E-state index is -1.28. The molecular weight excluding hydrogens is 668 g/mol. The number of likely N-dealkylation sites (tertiary alicyclic amines) is 2. The molecule has 2 aliphatic rings. The van der Waals surface area contributed by atoms with Gasteiger partial charge in [-0.1, -0.05) is 81.1 Å². The molecule has 0 aromatic heterocycles. The van der Waals surface area contributed by atoms with Gasteiger partial charge in [-0.25, -0.2) is 9.59 Å². The summed E-state index contributed by atoms with van der Waals surface area (Å²) in [4.78, 5) is 64.2. The molecule has 2 aliphatic heterocycles. The molecule has 2 unspecified atom stereocenters. The third-order valence-electron chi connectivity index (χ3n) is 8.95. The standard InChI is InChI=1S/C19H22N2O4.C17H21NO5.C3H3N/c1-3-19(17(22)24-2)14-21(12-10-16(19)9-11-20)18(23)25-13-15-7-5-4-6-8-15;1-3-17(15(20)22-2)12-18(10-9-14(17)19)16(21)23-11-13-7-5-4-6-8-13;1-2-3-4/h4-9H,3,10,12-14H2,1-2H3;4-8H,3,9-12H2,1-2H3;2H,1H2/b16-9+;;. The van der Waals surface area contributed by atoms with E-state index in [1.165, 1.54) is 36.2 Å². The van der Waals surface area contributed by atoms with Gasteiger partial charge in [-0.15, -0.1) is 0 Å². The van der Waals surface area contributed by atoms with Crippen LogP contribution in [0.2, 0.25) is 0 Å². The fourth-order valence-electron chi connectivity index (χ4n) is 5.89. The van der Waals surface area contributed by atoms with Crippen LogP contribution in [0.1, 0.15) is 50.7 Å². The monoisotopic (exact) mass is 714 g/mol. The number of Topliss-reactive ketones (excluding diaryl/α,β-unsaturated/α-hetero) is 1. The normalized spacial score (nSPS) is 19.9. The third kappa shape index (κ3) is 11.0. The molecule has 0 spiro atoms. The summed E-state index contributed by atoms with van der Waals surface area (Å²) in [7, 11) is 2.57. The molecule has 2 saturated heterocycles. The Labute approximate surface area is 305 Å². The highest BCUT2D eigenvalue weighted by Crippen LogP contribution is 2.39. The maximum atomic E-state index is 12.4. The van der Waals surface area contributed by atoms with E-state index < -0.39 is 35.0 Å². The second-order valence-corrected chi connectivity index (χ2v) is 11.8. The third-order valence-corrected chi connectivity index (χ3v) is 8.95. The lowest BCUT2D eigenvalue weighted by atomic mass is 9.73. The molecule has 0 aliphatic carbocycles. The van der Waals surface area contributed by atoms with E-state index in [4.69, 9.17) is 29.5 Å². The number of ether oxygens (including phenoxy) is 4. The molecule has 2 atom stereocenters. The maximum absolute atomic E-state index is 12.4. The van der Waals surface area contributed by atoms with Crippen molar-refractivity contribution in [3.8, 4) is 12.1 Å². The number of methoxy groups -OCH3 is 2. The van der Waals surface area contributed by atoms with Gasteiger partial charge in [-0.2, -0.15) is 10.5 Å². The Morgan fingerprint density at radius 3 is 1.58 bits per heavy atom. The van der Waals surface area contributed by atoms with Crippen LogP contribution in [-0.4, -0.2) is 80.1 Å². The number of hydrogen-bond acceptors (Lipinski definition) is 11. The number of benzene rings is 2. The van der Waals surface area contributed by atoms with Crippen molar-refractivity contribution in [2.45, 2.75) is 52.7 Å². The van der Waals surface area contributed by atoms with Crippen LogP contribution < -0.4 is 0 Å². The summed E-state index contributed by atoms with van der Waals surface area (Å²) in [6.07, 6.45) is 2.88. The quantitative estimate of drug-likeness (QED) is 0.137. The maximum Gasteiger partial charge on any atom is 0.410 e. The van der Waals surface area contributed by atoms with E-state index in [1.807, 2.05) is 73.7 Å². The number of nitriles is 2. The van der Waals surface area contributed by atoms with E-state index in [1.54, 1.807) is 13.0 Å². The molecule has 0 radical (unpaired) electrons. The van der Waals surface area contributed by atoms with Crippen molar-refractivity contribution in [2.75, 3.05) is 40.4 Å². The highest BCUT2D eigenvalue weighted by Gasteiger charge is 2.50. The van der Waals surface area contributed by atoms with Crippen molar-refractivity contribution in [1.29, 1.82) is 10.5 Å². The largest absolute Gasteiger partial charge is 0.468 e. The molecule has 4 rings (SSSR count). The highest BCUT2D eigenvalue weighted by atomic mass is 16.6. The molecule has 276 valence electrons. The van der Waals surface area contributed by atoms with Crippen LogP contribution in [0, 0.1) is 33.5 Å². The van der Waals surface area contributed by atoms with Crippen LogP contribution >= 0.6 is 0 Å². The van der Waals surface area contributed by atoms with Crippen LogP contribution in [0.5, 0.6) is 0 Å². The lowest BCUT2D eigenvalue weighted by molar-refractivity contribution is -0.161. The lowest BCUT2D eigenvalue weighted by Gasteiger charge is -2.41. The first-order valence-corrected chi connectivity index (χ1v) is 16.7. The first kappa shape index (κ1) is 42.2. The van der Waals surface area contributed by atoms with Crippen molar-refractivity contribution < 1.29 is 42.9 Å². The van der Waals surface area contributed by atoms with Gasteiger partial charge in [0.25, 0.3) is 0 Å². The van der Waals surface area contributed by atoms with Gasteiger partial charge in [0, 0.05) is 44.8 Å². The minimum absolute atomic E-state index is 0.00261. The van der Waals surface area contributed by atoms with Crippen LogP contribution in [-0.2, 0) is 46.5 Å². The molecule has 13 nitrogen and oxygen atoms in total. The van der Waals surface area contributed by atoms with Gasteiger partial charge in [-0.05, 0) is 36.0 Å². The van der Waals surface area contributed by atoms with Crippen molar-refractivity contribution in [3.05, 3.63) is 96.1 Å². The number of esters is 2. The van der Waals surface area contributed by atoms with Crippen LogP contribution in [0.25, 0.3) is 0 Å². The predicted molar refractivity (Wildman–Crippen MR) is 190 cm³/mol. The minimum Gasteiger partial charge on any atom is -0.468 e. The Morgan fingerprint density at radius 1 is 0.750 bits per heavy atom. The van der Waals surface area contributed by atoms with Crippen LogP contribution in [0.15, 0.2) is 85.0 Å². The fraction of sp³-hybridized carbons (Fsp3) is 0.410. The summed E-state index contributed by atoms with van der Waals surface area (Å²) >= 11 is 0. The summed E-state index contributed by atoms with van der Waals surface area (Å²) in [5.74, 6) is -1.21. The summed E-state index contributed by atoms with van der Waals surface area (Å²) in [5, 5.41) is 16.5. The zero-order chi connectivity index (χ0) is 38.6. The number of carbonyl (C=O) groups excluding carboxylic acids is 5. The number of hydrogen-bond donors (Lipinski definition) is 0. The SMILES string of the molecule is C=CC#N.CCC1(C(=O)OC)CN(C(=O)OCc2ccccc2)CC/C1=C\C#N.CCC1(C(=O)OC)CN(C(=O)OCc2ccccc2)CCC1=O. The highest BCUT2D eigenvalue weighted by molar-refractivity contribution is 6.05. The first-order chi connectivity index (χ1) is 25.0. The molecule has 52 heavy (non-hydrogen) atoms. The molecular formula is C39H46N4O9. The van der Waals surface area contributed by atoms with Gasteiger partial charge in [0.15, 0.2) is 5.78 Å². The van der Waals surface area contributed by atoms with E-state index in [-0.39, 0.29) is 45.1 Å². The number of rotatable bonds is 8. The zero-order valence-electron chi connectivity index (χ0n) is 30.2. The second kappa shape index (κ2) is 21.3. The Balaban J connectivity index is 0.000000327. The summed E-state index contributed by atoms with van der Waals surface area (Å²) in [5.41, 5.74) is 0.209. The van der Waals surface area contributed by atoms with Gasteiger partial charge in [-0.3, -0.25) is 14.4 Å². The zero-order valence-corrected chi connectivity index (χ0v) is 30.2. The average molecular weight is 715 g/mol. The van der Waals surface area contributed by atoms with Gasteiger partial charge in [0.2, 0.25) is 0 Å². The molecule has 0 bridgehead atoms. The van der Waals surface area contributed by atoms with E-state index in [0.717, 1.165) is 11.1 Å². The number of nitrogens with zero attached hydrogens (tertiary/aromatic N) is 4. The number of amides is 2. The second-order valence-electron chi connectivity index (χ2n) is 11.8. The van der Waals surface area contributed by atoms with Crippen LogP contribution in [0.4, 0.5) is 9.59 Å². The molecule has 2 heterocycles. The molecule has 0 saturated carbocycles. The van der Waals surface area contributed by atoms with Crippen molar-refractivity contribution in [1.82, 2.24) is 9.80 Å². The Bertz CT molecular complexity index is 1640. The lowest BCUT2D eigenvalue weighted by Crippen LogP contribution is -2.55. The molecule has 2 aromatic carbocycles. The smallest absolute Gasteiger partial charge is 0.410 e. The summed E-state index contributed by atoms with van der Waals surface area (Å²) in [6.45, 7) is 7.85. The molecule has 0 N–H and O–H groups in total. The number of carbonyl (C=O) groups is 5. The predicted octanol–water partition coefficient (Wildman–Crippen LogP) is 5.91. The van der Waals surface area contributed by atoms with Gasteiger partial charge in [0.05, 0.1) is 26.4 Å². The van der Waals surface area contributed by atoms with Gasteiger partial charge >= 0.3 is 24.1 Å².